The molecule has 0 amide bonds. The molecule has 0 aliphatic heterocycles. The molecule has 162 valence electrons. The number of aryl methyl sites for hydroxylation is 1. The number of halogens is 5. The van der Waals surface area contributed by atoms with Crippen molar-refractivity contribution in [1.82, 2.24) is 0 Å². The lowest BCUT2D eigenvalue weighted by atomic mass is 9.81. The van der Waals surface area contributed by atoms with Crippen molar-refractivity contribution in [3.8, 4) is 28.0 Å². The minimum absolute atomic E-state index is 0.0357. The number of hydrogen-bond donors (Lipinski definition) is 0. The zero-order valence-electron chi connectivity index (χ0n) is 17.1. The van der Waals surface area contributed by atoms with Crippen LogP contribution < -0.4 is 4.74 Å². The topological polar surface area (TPSA) is 9.23 Å². The fourth-order valence-electron chi connectivity index (χ4n) is 4.16. The van der Waals surface area contributed by atoms with E-state index in [1.807, 2.05) is 6.92 Å². The molecular formula is C25H21F5O. The summed E-state index contributed by atoms with van der Waals surface area (Å²) in [6.07, 6.45) is -3.35. The summed E-state index contributed by atoms with van der Waals surface area (Å²) in [4.78, 5) is 0. The Morgan fingerprint density at radius 2 is 1.32 bits per heavy atom. The van der Waals surface area contributed by atoms with Gasteiger partial charge in [0.2, 0.25) is 0 Å². The molecule has 0 spiro atoms. The zero-order chi connectivity index (χ0) is 22.3. The number of fused-ring (bicyclic) bond motifs is 3. The van der Waals surface area contributed by atoms with Gasteiger partial charge in [-0.1, -0.05) is 43.7 Å². The van der Waals surface area contributed by atoms with Crippen molar-refractivity contribution in [2.45, 2.75) is 39.0 Å². The predicted molar refractivity (Wildman–Crippen MR) is 110 cm³/mol. The molecule has 2 unspecified atom stereocenters. The largest absolute Gasteiger partial charge is 0.491 e. The normalized spacial score (nSPS) is 17.3. The van der Waals surface area contributed by atoms with Gasteiger partial charge in [-0.2, -0.15) is 0 Å². The van der Waals surface area contributed by atoms with Crippen LogP contribution in [0.5, 0.6) is 5.75 Å². The lowest BCUT2D eigenvalue weighted by molar-refractivity contribution is 0.159. The Morgan fingerprint density at radius 1 is 0.742 bits per heavy atom. The Labute approximate surface area is 177 Å². The van der Waals surface area contributed by atoms with Gasteiger partial charge in [-0.3, -0.25) is 0 Å². The van der Waals surface area contributed by atoms with Gasteiger partial charge in [0.05, 0.1) is 6.61 Å². The fourth-order valence-corrected chi connectivity index (χ4v) is 4.16. The smallest absolute Gasteiger partial charge is 0.171 e. The van der Waals surface area contributed by atoms with Gasteiger partial charge in [-0.05, 0) is 42.2 Å². The van der Waals surface area contributed by atoms with E-state index in [4.69, 9.17) is 4.74 Å². The van der Waals surface area contributed by atoms with Crippen molar-refractivity contribution in [1.29, 1.82) is 0 Å². The molecule has 0 heterocycles. The van der Waals surface area contributed by atoms with Crippen LogP contribution in [0.2, 0.25) is 0 Å². The first-order valence-electron chi connectivity index (χ1n) is 10.2. The summed E-state index contributed by atoms with van der Waals surface area (Å²) in [5.41, 5.74) is -0.352. The van der Waals surface area contributed by atoms with Crippen LogP contribution in [0.15, 0.2) is 42.5 Å². The Bertz CT molecular complexity index is 1140. The molecule has 3 aromatic carbocycles. The number of ether oxygens (including phenoxy) is 1. The summed E-state index contributed by atoms with van der Waals surface area (Å²) >= 11 is 0. The minimum Gasteiger partial charge on any atom is -0.491 e. The van der Waals surface area contributed by atoms with E-state index in [0.717, 1.165) is 12.0 Å². The van der Waals surface area contributed by atoms with Gasteiger partial charge in [0.1, 0.15) is 11.6 Å². The zero-order valence-corrected chi connectivity index (χ0v) is 17.1. The van der Waals surface area contributed by atoms with Gasteiger partial charge in [-0.15, -0.1) is 0 Å². The highest BCUT2D eigenvalue weighted by atomic mass is 19.2. The van der Waals surface area contributed by atoms with E-state index >= 15 is 8.78 Å². The number of alkyl halides is 2. The second kappa shape index (κ2) is 8.33. The standard InChI is InChI=1S/C25H21F5O/c1-3-5-13-6-7-14(18(26)12-13)17-9-8-15-16-10-11-19(31-4-2)23(28)21(16)25(30)24(29)20(15)22(17)27/h6-12,24-25H,3-5H2,1-2H3. The van der Waals surface area contributed by atoms with Crippen molar-refractivity contribution < 1.29 is 26.7 Å². The Kier molecular flexibility index (Phi) is 5.73. The van der Waals surface area contributed by atoms with Crippen LogP contribution in [0, 0.1) is 17.5 Å². The number of rotatable bonds is 5. The van der Waals surface area contributed by atoms with Crippen molar-refractivity contribution in [2.75, 3.05) is 6.61 Å². The molecule has 1 aliphatic rings. The Hall–Kier alpha value is -2.89. The predicted octanol–water partition coefficient (Wildman–Crippen LogP) is 7.82. The quantitative estimate of drug-likeness (QED) is 0.374. The molecule has 3 aromatic rings. The van der Waals surface area contributed by atoms with Gasteiger partial charge < -0.3 is 4.74 Å². The maximum absolute atomic E-state index is 15.4. The van der Waals surface area contributed by atoms with Gasteiger partial charge in [0.15, 0.2) is 23.9 Å². The maximum atomic E-state index is 15.4. The summed E-state index contributed by atoms with van der Waals surface area (Å²) in [5, 5.41) is 0. The van der Waals surface area contributed by atoms with Crippen LogP contribution >= 0.6 is 0 Å². The summed E-state index contributed by atoms with van der Waals surface area (Å²) in [6, 6.07) is 9.84. The molecule has 4 rings (SSSR count). The molecule has 0 saturated heterocycles. The molecular weight excluding hydrogens is 411 g/mol. The lowest BCUT2D eigenvalue weighted by Gasteiger charge is -2.28. The van der Waals surface area contributed by atoms with Crippen molar-refractivity contribution in [3.05, 3.63) is 76.6 Å². The molecule has 2 atom stereocenters. The van der Waals surface area contributed by atoms with Gasteiger partial charge >= 0.3 is 0 Å². The molecule has 31 heavy (non-hydrogen) atoms. The second-order valence-electron chi connectivity index (χ2n) is 7.53. The molecule has 1 nitrogen and oxygen atoms in total. The number of hydrogen-bond acceptors (Lipinski definition) is 1. The fraction of sp³-hybridized carbons (Fsp3) is 0.280. The maximum Gasteiger partial charge on any atom is 0.171 e. The summed E-state index contributed by atoms with van der Waals surface area (Å²) in [6.45, 7) is 3.76. The lowest BCUT2D eigenvalue weighted by Crippen LogP contribution is -2.16. The molecule has 0 aromatic heterocycles. The van der Waals surface area contributed by atoms with E-state index in [1.54, 1.807) is 13.0 Å². The third kappa shape index (κ3) is 3.48. The third-order valence-corrected chi connectivity index (χ3v) is 5.58. The van der Waals surface area contributed by atoms with Crippen LogP contribution in [-0.2, 0) is 6.42 Å². The summed E-state index contributed by atoms with van der Waals surface area (Å²) in [5.74, 6) is -2.87. The van der Waals surface area contributed by atoms with Crippen molar-refractivity contribution in [2.24, 2.45) is 0 Å². The van der Waals surface area contributed by atoms with Crippen LogP contribution in [0.3, 0.4) is 0 Å². The number of benzene rings is 3. The first-order chi connectivity index (χ1) is 14.9. The Balaban J connectivity index is 1.88. The van der Waals surface area contributed by atoms with Crippen LogP contribution in [0.1, 0.15) is 49.3 Å². The molecule has 0 fully saturated rings. The molecule has 1 aliphatic carbocycles. The molecule has 0 radical (unpaired) electrons. The van der Waals surface area contributed by atoms with E-state index in [2.05, 4.69) is 0 Å². The average Bonchev–Trinajstić information content (AvgIpc) is 2.74. The molecule has 0 saturated carbocycles. The van der Waals surface area contributed by atoms with Crippen LogP contribution in [0.4, 0.5) is 22.0 Å². The molecule has 0 bridgehead atoms. The summed E-state index contributed by atoms with van der Waals surface area (Å²) in [7, 11) is 0. The highest BCUT2D eigenvalue weighted by molar-refractivity contribution is 5.80. The van der Waals surface area contributed by atoms with Crippen LogP contribution in [-0.4, -0.2) is 6.61 Å². The van der Waals surface area contributed by atoms with Gasteiger partial charge in [-0.25, -0.2) is 22.0 Å². The monoisotopic (exact) mass is 432 g/mol. The van der Waals surface area contributed by atoms with E-state index in [9.17, 15) is 13.2 Å². The van der Waals surface area contributed by atoms with Crippen molar-refractivity contribution >= 4 is 0 Å². The Morgan fingerprint density at radius 3 is 1.94 bits per heavy atom. The molecule has 6 heteroatoms. The van der Waals surface area contributed by atoms with Gasteiger partial charge in [0.25, 0.3) is 0 Å². The highest BCUT2D eigenvalue weighted by Crippen LogP contribution is 2.52. The molecule has 0 N–H and O–H groups in total. The second-order valence-corrected chi connectivity index (χ2v) is 7.53. The van der Waals surface area contributed by atoms with Gasteiger partial charge in [0, 0.05) is 22.3 Å². The average molecular weight is 432 g/mol. The third-order valence-electron chi connectivity index (χ3n) is 5.58. The van der Waals surface area contributed by atoms with E-state index in [0.29, 0.717) is 6.42 Å². The first kappa shape index (κ1) is 21.3. The highest BCUT2D eigenvalue weighted by Gasteiger charge is 2.40. The summed E-state index contributed by atoms with van der Waals surface area (Å²) < 4.78 is 80.0. The SMILES string of the molecule is CCCc1ccc(-c2ccc3c(c2F)C(F)C(F)c2c-3ccc(OCC)c2F)c(F)c1. The first-order valence-corrected chi connectivity index (χ1v) is 10.2. The minimum atomic E-state index is -2.43. The van der Waals surface area contributed by atoms with Crippen LogP contribution in [0.25, 0.3) is 22.3 Å². The van der Waals surface area contributed by atoms with E-state index in [1.165, 1.54) is 36.4 Å². The van der Waals surface area contributed by atoms with E-state index in [-0.39, 0.29) is 34.6 Å². The van der Waals surface area contributed by atoms with Crippen molar-refractivity contribution in [3.63, 3.8) is 0 Å². The van der Waals surface area contributed by atoms with E-state index < -0.39 is 40.9 Å².